The van der Waals surface area contributed by atoms with Crippen LogP contribution < -0.4 is 0 Å². The number of halogens is 1. The zero-order valence-electron chi connectivity index (χ0n) is 6.61. The van der Waals surface area contributed by atoms with Crippen LogP contribution >= 0.6 is 33.9 Å². The van der Waals surface area contributed by atoms with Crippen LogP contribution in [-0.2, 0) is 0 Å². The second kappa shape index (κ2) is 3.81. The lowest BCUT2D eigenvalue weighted by Gasteiger charge is -2.03. The summed E-state index contributed by atoms with van der Waals surface area (Å²) in [6.45, 7) is 0. The molecule has 1 N–H and O–H groups in total. The second-order valence-electron chi connectivity index (χ2n) is 2.60. The van der Waals surface area contributed by atoms with Crippen molar-refractivity contribution < 1.29 is 9.52 Å². The first-order valence-corrected chi connectivity index (χ1v) is 5.68. The molecule has 1 unspecified atom stereocenters. The molecule has 2 heterocycles. The fraction of sp³-hybridized carbons (Fsp3) is 0.111. The maximum atomic E-state index is 9.80. The molecule has 0 fully saturated rings. The monoisotopic (exact) mass is 306 g/mol. The summed E-state index contributed by atoms with van der Waals surface area (Å²) in [7, 11) is 0. The van der Waals surface area contributed by atoms with Gasteiger partial charge in [0, 0.05) is 0 Å². The Labute approximate surface area is 93.3 Å². The van der Waals surface area contributed by atoms with E-state index in [1.165, 1.54) is 2.88 Å². The molecule has 4 heteroatoms. The van der Waals surface area contributed by atoms with Crippen molar-refractivity contribution in [3.05, 3.63) is 44.0 Å². The van der Waals surface area contributed by atoms with Crippen LogP contribution in [0.5, 0.6) is 0 Å². The van der Waals surface area contributed by atoms with E-state index < -0.39 is 6.10 Å². The van der Waals surface area contributed by atoms with E-state index in [4.69, 9.17) is 4.42 Å². The van der Waals surface area contributed by atoms with Crippen LogP contribution in [0, 0.1) is 2.88 Å². The highest BCUT2D eigenvalue weighted by Crippen LogP contribution is 2.27. The van der Waals surface area contributed by atoms with Gasteiger partial charge in [-0.15, -0.1) is 11.3 Å². The Morgan fingerprint density at radius 2 is 2.38 bits per heavy atom. The van der Waals surface area contributed by atoms with E-state index in [2.05, 4.69) is 22.6 Å². The molecule has 0 aliphatic rings. The van der Waals surface area contributed by atoms with Crippen LogP contribution in [0.15, 0.2) is 34.3 Å². The van der Waals surface area contributed by atoms with Gasteiger partial charge in [-0.1, -0.05) is 0 Å². The molecule has 0 radical (unpaired) electrons. The van der Waals surface area contributed by atoms with E-state index in [1.54, 1.807) is 29.7 Å². The smallest absolute Gasteiger partial charge is 0.137 e. The van der Waals surface area contributed by atoms with Gasteiger partial charge in [-0.3, -0.25) is 0 Å². The maximum Gasteiger partial charge on any atom is 0.137 e. The van der Waals surface area contributed by atoms with Gasteiger partial charge < -0.3 is 9.52 Å². The number of aliphatic hydroxyl groups is 1. The van der Waals surface area contributed by atoms with Gasteiger partial charge in [0.1, 0.15) is 11.9 Å². The van der Waals surface area contributed by atoms with Crippen molar-refractivity contribution in [2.75, 3.05) is 0 Å². The SMILES string of the molecule is OC(c1csc(I)c1)c1ccco1. The van der Waals surface area contributed by atoms with E-state index in [0.717, 1.165) is 5.56 Å². The molecule has 2 rings (SSSR count). The normalized spacial score (nSPS) is 13.1. The first-order chi connectivity index (χ1) is 6.27. The first-order valence-electron chi connectivity index (χ1n) is 3.73. The Hall–Kier alpha value is -0.330. The Bertz CT molecular complexity index is 380. The standard InChI is InChI=1S/C9H7IO2S/c10-8-4-6(5-13-8)9(11)7-2-1-3-12-7/h1-5,9,11H. The van der Waals surface area contributed by atoms with Crippen LogP contribution in [0.4, 0.5) is 0 Å². The van der Waals surface area contributed by atoms with Gasteiger partial charge in [-0.05, 0) is 51.7 Å². The largest absolute Gasteiger partial charge is 0.466 e. The molecule has 0 saturated carbocycles. The highest BCUT2D eigenvalue weighted by molar-refractivity contribution is 14.1. The second-order valence-corrected chi connectivity index (χ2v) is 5.41. The average molecular weight is 306 g/mol. The Kier molecular flexibility index (Phi) is 2.71. The Morgan fingerprint density at radius 3 is 2.92 bits per heavy atom. The number of rotatable bonds is 2. The van der Waals surface area contributed by atoms with E-state index >= 15 is 0 Å². The molecule has 2 aromatic rings. The number of hydrogen-bond acceptors (Lipinski definition) is 3. The Balaban J connectivity index is 2.28. The minimum absolute atomic E-state index is 0.592. The third kappa shape index (κ3) is 1.95. The summed E-state index contributed by atoms with van der Waals surface area (Å²) in [6, 6.07) is 5.50. The van der Waals surface area contributed by atoms with Crippen molar-refractivity contribution in [2.24, 2.45) is 0 Å². The Morgan fingerprint density at radius 1 is 1.54 bits per heavy atom. The molecule has 13 heavy (non-hydrogen) atoms. The molecule has 0 aliphatic heterocycles. The summed E-state index contributed by atoms with van der Waals surface area (Å²) in [6.07, 6.45) is 0.936. The van der Waals surface area contributed by atoms with E-state index in [1.807, 2.05) is 11.4 Å². The number of hydrogen-bond donors (Lipinski definition) is 1. The van der Waals surface area contributed by atoms with E-state index in [-0.39, 0.29) is 0 Å². The molecule has 0 aromatic carbocycles. The lowest BCUT2D eigenvalue weighted by atomic mass is 10.1. The maximum absolute atomic E-state index is 9.80. The summed E-state index contributed by atoms with van der Waals surface area (Å²) in [5.74, 6) is 0.592. The number of furan rings is 1. The molecular formula is C9H7IO2S. The highest BCUT2D eigenvalue weighted by Gasteiger charge is 2.13. The molecule has 0 bridgehead atoms. The van der Waals surface area contributed by atoms with Crippen LogP contribution in [-0.4, -0.2) is 5.11 Å². The van der Waals surface area contributed by atoms with Gasteiger partial charge in [0.2, 0.25) is 0 Å². The van der Waals surface area contributed by atoms with Crippen molar-refractivity contribution in [3.63, 3.8) is 0 Å². The van der Waals surface area contributed by atoms with E-state index in [0.29, 0.717) is 5.76 Å². The molecule has 0 aliphatic carbocycles. The third-order valence-electron chi connectivity index (χ3n) is 1.72. The van der Waals surface area contributed by atoms with Crippen molar-refractivity contribution in [1.82, 2.24) is 0 Å². The highest BCUT2D eigenvalue weighted by atomic mass is 127. The van der Waals surface area contributed by atoms with Crippen molar-refractivity contribution in [1.29, 1.82) is 0 Å². The molecular weight excluding hydrogens is 299 g/mol. The summed E-state index contributed by atoms with van der Waals surface area (Å²) in [5, 5.41) is 11.7. The van der Waals surface area contributed by atoms with Gasteiger partial charge >= 0.3 is 0 Å². The topological polar surface area (TPSA) is 33.4 Å². The third-order valence-corrected chi connectivity index (χ3v) is 3.52. The molecule has 0 amide bonds. The summed E-state index contributed by atoms with van der Waals surface area (Å²) in [4.78, 5) is 0. The minimum Gasteiger partial charge on any atom is -0.466 e. The van der Waals surface area contributed by atoms with Crippen LogP contribution in [0.1, 0.15) is 17.4 Å². The van der Waals surface area contributed by atoms with Crippen LogP contribution in [0.3, 0.4) is 0 Å². The van der Waals surface area contributed by atoms with Gasteiger partial charge in [0.05, 0.1) is 9.15 Å². The fourth-order valence-corrected chi connectivity index (χ4v) is 2.47. The van der Waals surface area contributed by atoms with Crippen molar-refractivity contribution in [3.8, 4) is 0 Å². The quantitative estimate of drug-likeness (QED) is 0.865. The van der Waals surface area contributed by atoms with Gasteiger partial charge in [-0.2, -0.15) is 0 Å². The number of aliphatic hydroxyl groups excluding tert-OH is 1. The first kappa shape index (κ1) is 9.23. The average Bonchev–Trinajstić information content (AvgIpc) is 2.72. The van der Waals surface area contributed by atoms with Crippen LogP contribution in [0.25, 0.3) is 0 Å². The summed E-state index contributed by atoms with van der Waals surface area (Å²) in [5.41, 5.74) is 0.893. The molecule has 0 spiro atoms. The van der Waals surface area contributed by atoms with Gasteiger partial charge in [0.25, 0.3) is 0 Å². The predicted molar refractivity (Wildman–Crippen MR) is 59.8 cm³/mol. The lowest BCUT2D eigenvalue weighted by Crippen LogP contribution is -1.95. The molecule has 0 saturated heterocycles. The minimum atomic E-state index is -0.630. The van der Waals surface area contributed by atoms with Gasteiger partial charge in [0.15, 0.2) is 0 Å². The predicted octanol–water partition coefficient (Wildman–Crippen LogP) is 3.03. The summed E-state index contributed by atoms with van der Waals surface area (Å²) >= 11 is 3.84. The van der Waals surface area contributed by atoms with Gasteiger partial charge in [-0.25, -0.2) is 0 Å². The summed E-state index contributed by atoms with van der Waals surface area (Å²) < 4.78 is 6.28. The van der Waals surface area contributed by atoms with Crippen molar-refractivity contribution in [2.45, 2.75) is 6.10 Å². The molecule has 1 atom stereocenters. The number of thiophene rings is 1. The molecule has 2 aromatic heterocycles. The zero-order chi connectivity index (χ0) is 9.26. The lowest BCUT2D eigenvalue weighted by molar-refractivity contribution is 0.190. The zero-order valence-corrected chi connectivity index (χ0v) is 9.58. The van der Waals surface area contributed by atoms with E-state index in [9.17, 15) is 5.11 Å². The molecule has 2 nitrogen and oxygen atoms in total. The molecule has 68 valence electrons. The van der Waals surface area contributed by atoms with Crippen LogP contribution in [0.2, 0.25) is 0 Å². The van der Waals surface area contributed by atoms with Crippen molar-refractivity contribution >= 4 is 33.9 Å². The fourth-order valence-electron chi connectivity index (χ4n) is 1.08.